The molecule has 0 rings (SSSR count). The SMILES string of the molecule is CCCOC(=O)C=CC(=O)O[Si](OC)(OC)OC. The predicted molar refractivity (Wildman–Crippen MR) is 63.3 cm³/mol. The van der Waals surface area contributed by atoms with Crippen molar-refractivity contribution in [1.82, 2.24) is 0 Å². The van der Waals surface area contributed by atoms with Gasteiger partial charge in [0.05, 0.1) is 6.61 Å². The predicted octanol–water partition coefficient (Wildman–Crippen LogP) is 0.414. The van der Waals surface area contributed by atoms with Crippen LogP contribution >= 0.6 is 0 Å². The van der Waals surface area contributed by atoms with E-state index >= 15 is 0 Å². The zero-order chi connectivity index (χ0) is 14.0. The van der Waals surface area contributed by atoms with Crippen LogP contribution in [0, 0.1) is 0 Å². The van der Waals surface area contributed by atoms with Crippen LogP contribution in [0.2, 0.25) is 0 Å². The van der Waals surface area contributed by atoms with Gasteiger partial charge in [-0.05, 0) is 6.42 Å². The second-order valence-corrected chi connectivity index (χ2v) is 5.46. The van der Waals surface area contributed by atoms with Crippen LogP contribution in [0.5, 0.6) is 0 Å². The third kappa shape index (κ3) is 5.91. The summed E-state index contributed by atoms with van der Waals surface area (Å²) in [5, 5.41) is 0. The molecule has 0 saturated carbocycles. The molecule has 18 heavy (non-hydrogen) atoms. The Kier molecular flexibility index (Phi) is 8.21. The van der Waals surface area contributed by atoms with Gasteiger partial charge in [0.1, 0.15) is 0 Å². The Hall–Kier alpha value is -1.22. The van der Waals surface area contributed by atoms with Crippen molar-refractivity contribution in [3.63, 3.8) is 0 Å². The second kappa shape index (κ2) is 8.81. The zero-order valence-corrected chi connectivity index (χ0v) is 11.9. The highest BCUT2D eigenvalue weighted by Crippen LogP contribution is 2.08. The summed E-state index contributed by atoms with van der Waals surface area (Å²) in [6.45, 7) is 2.16. The van der Waals surface area contributed by atoms with Crippen LogP contribution in [0.25, 0.3) is 0 Å². The van der Waals surface area contributed by atoms with Crippen molar-refractivity contribution in [3.8, 4) is 0 Å². The number of carbonyl (C=O) groups excluding carboxylic acids is 2. The van der Waals surface area contributed by atoms with E-state index in [2.05, 4.69) is 0 Å². The maximum Gasteiger partial charge on any atom is 0.751 e. The van der Waals surface area contributed by atoms with Crippen molar-refractivity contribution < 1.29 is 32.0 Å². The van der Waals surface area contributed by atoms with E-state index in [4.69, 9.17) is 22.4 Å². The molecule has 0 unspecified atom stereocenters. The van der Waals surface area contributed by atoms with E-state index in [1.54, 1.807) is 0 Å². The van der Waals surface area contributed by atoms with E-state index in [0.29, 0.717) is 13.0 Å². The van der Waals surface area contributed by atoms with Gasteiger partial charge in [-0.2, -0.15) is 0 Å². The number of hydrogen-bond acceptors (Lipinski definition) is 7. The monoisotopic (exact) mass is 278 g/mol. The van der Waals surface area contributed by atoms with Crippen LogP contribution < -0.4 is 0 Å². The number of carbonyl (C=O) groups is 2. The third-order valence-electron chi connectivity index (χ3n) is 1.78. The molecule has 0 aliphatic carbocycles. The third-order valence-corrected chi connectivity index (χ3v) is 3.73. The van der Waals surface area contributed by atoms with E-state index < -0.39 is 21.0 Å². The number of ether oxygens (including phenoxy) is 1. The summed E-state index contributed by atoms with van der Waals surface area (Å²) in [6.07, 6.45) is 2.60. The van der Waals surface area contributed by atoms with Crippen LogP contribution in [0.3, 0.4) is 0 Å². The Bertz CT molecular complexity index is 290. The van der Waals surface area contributed by atoms with Crippen molar-refractivity contribution in [3.05, 3.63) is 12.2 Å². The first-order valence-electron chi connectivity index (χ1n) is 5.26. The minimum Gasteiger partial charge on any atom is -0.463 e. The van der Waals surface area contributed by atoms with E-state index in [0.717, 1.165) is 12.2 Å². The number of rotatable bonds is 8. The molecule has 7 nitrogen and oxygen atoms in total. The molecule has 0 fully saturated rings. The van der Waals surface area contributed by atoms with Crippen LogP contribution in [0.1, 0.15) is 13.3 Å². The van der Waals surface area contributed by atoms with Crippen LogP contribution in [-0.4, -0.2) is 48.9 Å². The highest BCUT2D eigenvalue weighted by atomic mass is 28.4. The van der Waals surface area contributed by atoms with Crippen molar-refractivity contribution in [1.29, 1.82) is 0 Å². The summed E-state index contributed by atoms with van der Waals surface area (Å²) in [4.78, 5) is 22.5. The number of hydrogen-bond donors (Lipinski definition) is 0. The van der Waals surface area contributed by atoms with Gasteiger partial charge >= 0.3 is 21.0 Å². The van der Waals surface area contributed by atoms with Gasteiger partial charge in [-0.15, -0.1) is 0 Å². The Balaban J connectivity index is 4.32. The van der Waals surface area contributed by atoms with Crippen LogP contribution in [0.4, 0.5) is 0 Å². The molecule has 0 atom stereocenters. The van der Waals surface area contributed by atoms with Gasteiger partial charge in [0.15, 0.2) is 0 Å². The highest BCUT2D eigenvalue weighted by Gasteiger charge is 2.46. The van der Waals surface area contributed by atoms with E-state index in [1.807, 2.05) is 6.92 Å². The Morgan fingerprint density at radius 2 is 1.50 bits per heavy atom. The smallest absolute Gasteiger partial charge is 0.463 e. The lowest BCUT2D eigenvalue weighted by Gasteiger charge is -2.21. The maximum absolute atomic E-state index is 11.4. The molecular weight excluding hydrogens is 260 g/mol. The summed E-state index contributed by atoms with van der Waals surface area (Å²) in [5.41, 5.74) is 0. The minimum absolute atomic E-state index is 0.297. The molecule has 0 aromatic carbocycles. The first-order chi connectivity index (χ1) is 8.53. The van der Waals surface area contributed by atoms with Crippen LogP contribution in [-0.2, 0) is 32.0 Å². The molecule has 104 valence electrons. The molecule has 0 heterocycles. The lowest BCUT2D eigenvalue weighted by molar-refractivity contribution is -0.140. The molecule has 0 amide bonds. The first kappa shape index (κ1) is 16.8. The van der Waals surface area contributed by atoms with E-state index in [1.165, 1.54) is 21.3 Å². The molecule has 0 radical (unpaired) electrons. The molecule has 0 bridgehead atoms. The van der Waals surface area contributed by atoms with Gasteiger partial charge in [0.25, 0.3) is 0 Å². The molecule has 0 aliphatic rings. The summed E-state index contributed by atoms with van der Waals surface area (Å²) in [6, 6.07) is 0. The lowest BCUT2D eigenvalue weighted by Crippen LogP contribution is -2.47. The molecule has 0 saturated heterocycles. The molecule has 8 heteroatoms. The Morgan fingerprint density at radius 1 is 1.00 bits per heavy atom. The minimum atomic E-state index is -3.43. The quantitative estimate of drug-likeness (QED) is 0.361. The topological polar surface area (TPSA) is 80.3 Å². The van der Waals surface area contributed by atoms with Crippen molar-refractivity contribution in [2.75, 3.05) is 27.9 Å². The molecule has 0 aromatic heterocycles. The molecule has 0 aromatic rings. The van der Waals surface area contributed by atoms with Crippen LogP contribution in [0.15, 0.2) is 12.2 Å². The summed E-state index contributed by atoms with van der Waals surface area (Å²) < 4.78 is 24.3. The Morgan fingerprint density at radius 3 is 1.94 bits per heavy atom. The van der Waals surface area contributed by atoms with Crippen molar-refractivity contribution >= 4 is 21.0 Å². The largest absolute Gasteiger partial charge is 0.751 e. The van der Waals surface area contributed by atoms with E-state index in [-0.39, 0.29) is 0 Å². The van der Waals surface area contributed by atoms with Crippen molar-refractivity contribution in [2.24, 2.45) is 0 Å². The molecule has 0 spiro atoms. The number of esters is 1. The highest BCUT2D eigenvalue weighted by molar-refractivity contribution is 6.55. The fraction of sp³-hybridized carbons (Fsp3) is 0.600. The first-order valence-corrected chi connectivity index (χ1v) is 6.90. The van der Waals surface area contributed by atoms with Gasteiger partial charge in [-0.1, -0.05) is 6.92 Å². The lowest BCUT2D eigenvalue weighted by atomic mass is 10.5. The molecule has 0 N–H and O–H groups in total. The average Bonchev–Trinajstić information content (AvgIpc) is 2.40. The van der Waals surface area contributed by atoms with Crippen molar-refractivity contribution in [2.45, 2.75) is 13.3 Å². The fourth-order valence-electron chi connectivity index (χ4n) is 0.919. The standard InChI is InChI=1S/C10H18O7Si/c1-5-8-16-9(11)6-7-10(12)17-18(13-2,14-3)15-4/h6-7H,5,8H2,1-4H3. The zero-order valence-electron chi connectivity index (χ0n) is 10.9. The van der Waals surface area contributed by atoms with Gasteiger partial charge in [0, 0.05) is 33.5 Å². The summed E-state index contributed by atoms with van der Waals surface area (Å²) in [7, 11) is 0.461. The van der Waals surface area contributed by atoms with Gasteiger partial charge in [-0.3, -0.25) is 0 Å². The Labute approximate surface area is 107 Å². The van der Waals surface area contributed by atoms with Gasteiger partial charge in [-0.25, -0.2) is 9.59 Å². The fourth-order valence-corrected chi connectivity index (χ4v) is 1.98. The summed E-state index contributed by atoms with van der Waals surface area (Å²) in [5.74, 6) is -1.42. The molecule has 0 aliphatic heterocycles. The maximum atomic E-state index is 11.4. The van der Waals surface area contributed by atoms with Gasteiger partial charge < -0.3 is 22.4 Å². The van der Waals surface area contributed by atoms with Gasteiger partial charge in [0.2, 0.25) is 0 Å². The van der Waals surface area contributed by atoms with E-state index in [9.17, 15) is 9.59 Å². The second-order valence-electron chi connectivity index (χ2n) is 3.03. The average molecular weight is 278 g/mol. The summed E-state index contributed by atoms with van der Waals surface area (Å²) >= 11 is 0. The molecular formula is C10H18O7Si. The normalized spacial score (nSPS) is 11.6.